The first-order valence-corrected chi connectivity index (χ1v) is 3.92. The Balaban J connectivity index is 4.21. The number of carbonyl (C=O) groups is 1. The lowest BCUT2D eigenvalue weighted by molar-refractivity contribution is -0.119. The number of aldehydes is 1. The van der Waals surface area contributed by atoms with Gasteiger partial charge in [-0.15, -0.1) is 0 Å². The summed E-state index contributed by atoms with van der Waals surface area (Å²) in [5, 5.41) is 35.6. The van der Waals surface area contributed by atoms with E-state index in [0.29, 0.717) is 0 Å². The Bertz CT molecular complexity index is 158. The van der Waals surface area contributed by atoms with Crippen LogP contribution in [0.2, 0.25) is 0 Å². The van der Waals surface area contributed by atoms with E-state index in [4.69, 9.17) is 27.1 Å². The molecule has 0 rings (SSSR count). The third-order valence-electron chi connectivity index (χ3n) is 1.57. The van der Waals surface area contributed by atoms with Gasteiger partial charge in [-0.2, -0.15) is 0 Å². The average molecular weight is 214 g/mol. The lowest BCUT2D eigenvalue weighted by Crippen LogP contribution is -2.49. The van der Waals surface area contributed by atoms with Crippen molar-refractivity contribution >= 4 is 18.1 Å². The molecule has 0 aromatic carbocycles. The average Bonchev–Trinajstić information content (AvgIpc) is 2.17. The van der Waals surface area contributed by atoms with Crippen LogP contribution in [-0.2, 0) is 4.79 Å². The summed E-state index contributed by atoms with van der Waals surface area (Å²) >= 11 is 5.06. The largest absolute Gasteiger partial charge is 0.394 e. The molecule has 0 saturated carbocycles. The zero-order chi connectivity index (χ0) is 10.4. The van der Waals surface area contributed by atoms with Crippen LogP contribution in [0.15, 0.2) is 0 Å². The van der Waals surface area contributed by atoms with Crippen LogP contribution in [-0.4, -0.2) is 57.7 Å². The normalized spacial score (nSPS) is 20.4. The maximum atomic E-state index is 10.2. The number of nitrogens with one attached hydrogen (secondary N) is 1. The number of rotatable bonds is 6. The lowest BCUT2D eigenvalue weighted by Gasteiger charge is -2.24. The molecule has 0 heterocycles. The zero-order valence-electron chi connectivity index (χ0n) is 6.67. The second-order valence-corrected chi connectivity index (χ2v) is 2.72. The molecular weight excluding hydrogens is 202 g/mol. The van der Waals surface area contributed by atoms with Crippen LogP contribution in [0.3, 0.4) is 0 Å². The predicted molar refractivity (Wildman–Crippen MR) is 43.9 cm³/mol. The Labute approximate surface area is 79.9 Å². The Morgan fingerprint density at radius 1 is 1.31 bits per heavy atom. The summed E-state index contributed by atoms with van der Waals surface area (Å²) in [5.74, 6) is 0. The van der Waals surface area contributed by atoms with Gasteiger partial charge >= 0.3 is 0 Å². The van der Waals surface area contributed by atoms with E-state index in [1.54, 1.807) is 0 Å². The number of carbonyl (C=O) groups excluding carboxylic acids is 1. The Kier molecular flexibility index (Phi) is 6.13. The molecule has 0 aromatic heterocycles. The minimum atomic E-state index is -1.63. The molecule has 0 radical (unpaired) electrons. The fourth-order valence-electron chi connectivity index (χ4n) is 0.719. The van der Waals surface area contributed by atoms with Crippen molar-refractivity contribution in [1.82, 2.24) is 4.84 Å². The van der Waals surface area contributed by atoms with Gasteiger partial charge in [-0.05, 0) is 11.8 Å². The van der Waals surface area contributed by atoms with E-state index in [2.05, 4.69) is 0 Å². The highest BCUT2D eigenvalue weighted by atomic mass is 35.5. The summed E-state index contributed by atoms with van der Waals surface area (Å²) in [7, 11) is 0. The smallest absolute Gasteiger partial charge is 0.140 e. The van der Waals surface area contributed by atoms with Crippen LogP contribution in [0, 0.1) is 0 Å². The van der Waals surface area contributed by atoms with Crippen LogP contribution >= 0.6 is 11.8 Å². The van der Waals surface area contributed by atoms with Gasteiger partial charge in [-0.25, -0.2) is 4.84 Å². The second-order valence-electron chi connectivity index (χ2n) is 2.50. The molecule has 0 fully saturated rings. The van der Waals surface area contributed by atoms with Crippen molar-refractivity contribution in [3.63, 3.8) is 0 Å². The molecule has 5 N–H and O–H groups in total. The van der Waals surface area contributed by atoms with Gasteiger partial charge in [0.25, 0.3) is 0 Å². The van der Waals surface area contributed by atoms with E-state index in [0.717, 1.165) is 0 Å². The third kappa shape index (κ3) is 3.55. The maximum absolute atomic E-state index is 10.2. The van der Waals surface area contributed by atoms with Crippen molar-refractivity contribution in [3.05, 3.63) is 0 Å². The van der Waals surface area contributed by atoms with Crippen molar-refractivity contribution < 1.29 is 25.2 Å². The minimum absolute atomic E-state index is 0.283. The molecule has 78 valence electrons. The summed E-state index contributed by atoms with van der Waals surface area (Å²) in [6.45, 7) is -0.716. The van der Waals surface area contributed by atoms with Crippen LogP contribution in [0.1, 0.15) is 0 Å². The first-order chi connectivity index (χ1) is 6.08. The molecular formula is C6H12ClNO5. The van der Waals surface area contributed by atoms with E-state index < -0.39 is 31.0 Å². The van der Waals surface area contributed by atoms with Crippen LogP contribution < -0.4 is 4.84 Å². The van der Waals surface area contributed by atoms with Crippen molar-refractivity contribution in [2.24, 2.45) is 0 Å². The summed E-state index contributed by atoms with van der Waals surface area (Å²) < 4.78 is 0. The molecule has 7 heteroatoms. The van der Waals surface area contributed by atoms with E-state index >= 15 is 0 Å². The Morgan fingerprint density at radius 3 is 2.15 bits per heavy atom. The monoisotopic (exact) mass is 213 g/mol. The fourth-order valence-corrected chi connectivity index (χ4v) is 0.899. The van der Waals surface area contributed by atoms with Gasteiger partial charge in [-0.1, -0.05) is 0 Å². The quantitative estimate of drug-likeness (QED) is 0.244. The van der Waals surface area contributed by atoms with E-state index in [9.17, 15) is 9.90 Å². The number of hydrogen-bond acceptors (Lipinski definition) is 6. The van der Waals surface area contributed by atoms with E-state index in [-0.39, 0.29) is 6.29 Å². The first kappa shape index (κ1) is 12.8. The van der Waals surface area contributed by atoms with Crippen molar-refractivity contribution in [2.45, 2.75) is 24.4 Å². The van der Waals surface area contributed by atoms with Gasteiger partial charge in [0.2, 0.25) is 0 Å². The summed E-state index contributed by atoms with van der Waals surface area (Å²) in [4.78, 5) is 12.1. The standard InChI is InChI=1S/C6H12ClNO5/c7-8-3(1-9)5(12)6(13)4(11)2-10/h1,3-6,8,10-13H,2H2/t3-,4+,5+,6+/m0/s1. The first-order valence-electron chi connectivity index (χ1n) is 3.55. The molecule has 0 aliphatic carbocycles. The zero-order valence-corrected chi connectivity index (χ0v) is 7.42. The molecule has 0 bridgehead atoms. The number of aliphatic hydroxyl groups is 4. The summed E-state index contributed by atoms with van der Waals surface area (Å²) in [5.41, 5.74) is 0. The molecule has 0 spiro atoms. The number of hydrogen-bond donors (Lipinski definition) is 5. The highest BCUT2D eigenvalue weighted by molar-refractivity contribution is 6.14. The minimum Gasteiger partial charge on any atom is -0.394 e. The second kappa shape index (κ2) is 6.25. The highest BCUT2D eigenvalue weighted by Crippen LogP contribution is 2.03. The third-order valence-corrected chi connectivity index (χ3v) is 1.82. The summed E-state index contributed by atoms with van der Waals surface area (Å²) in [6.07, 6.45) is -4.43. The molecule has 13 heavy (non-hydrogen) atoms. The van der Waals surface area contributed by atoms with Gasteiger partial charge in [-0.3, -0.25) is 0 Å². The van der Waals surface area contributed by atoms with Crippen molar-refractivity contribution in [2.75, 3.05) is 6.61 Å². The molecule has 0 aliphatic rings. The van der Waals surface area contributed by atoms with Crippen molar-refractivity contribution in [3.8, 4) is 0 Å². The van der Waals surface area contributed by atoms with Gasteiger partial charge in [0, 0.05) is 0 Å². The van der Waals surface area contributed by atoms with Gasteiger partial charge in [0.05, 0.1) is 6.61 Å². The molecule has 4 atom stereocenters. The predicted octanol–water partition coefficient (Wildman–Crippen LogP) is -2.63. The molecule has 6 nitrogen and oxygen atoms in total. The topological polar surface area (TPSA) is 110 Å². The molecule has 0 saturated heterocycles. The highest BCUT2D eigenvalue weighted by Gasteiger charge is 2.30. The molecule has 0 unspecified atom stereocenters. The fraction of sp³-hybridized carbons (Fsp3) is 0.833. The maximum Gasteiger partial charge on any atom is 0.140 e. The van der Waals surface area contributed by atoms with Crippen LogP contribution in [0.25, 0.3) is 0 Å². The number of halogens is 1. The van der Waals surface area contributed by atoms with Gasteiger partial charge in [0.1, 0.15) is 30.6 Å². The van der Waals surface area contributed by atoms with E-state index in [1.165, 1.54) is 0 Å². The summed E-state index contributed by atoms with van der Waals surface area (Å²) in [6, 6.07) is -1.20. The van der Waals surface area contributed by atoms with Crippen molar-refractivity contribution in [1.29, 1.82) is 0 Å². The molecule has 0 aliphatic heterocycles. The molecule has 0 aromatic rings. The lowest BCUT2D eigenvalue weighted by atomic mass is 10.0. The Hall–Kier alpha value is -0.240. The van der Waals surface area contributed by atoms with E-state index in [1.807, 2.05) is 4.84 Å². The molecule has 0 amide bonds. The SMILES string of the molecule is O=C[C@H](NCl)[C@@H](O)[C@H](O)[C@H](O)CO. The van der Waals surface area contributed by atoms with Crippen LogP contribution in [0.4, 0.5) is 0 Å². The van der Waals surface area contributed by atoms with Gasteiger partial charge in [0.15, 0.2) is 0 Å². The number of aliphatic hydroxyl groups excluding tert-OH is 4. The van der Waals surface area contributed by atoms with Gasteiger partial charge < -0.3 is 25.2 Å². The Morgan fingerprint density at radius 2 is 1.85 bits per heavy atom. The van der Waals surface area contributed by atoms with Crippen LogP contribution in [0.5, 0.6) is 0 Å².